The number of rotatable bonds is 6. The Balaban J connectivity index is 1.44. The van der Waals surface area contributed by atoms with Crippen molar-refractivity contribution in [1.82, 2.24) is 24.5 Å². The van der Waals surface area contributed by atoms with Crippen LogP contribution in [0.1, 0.15) is 85.1 Å². The zero-order valence-corrected chi connectivity index (χ0v) is 29.1. The summed E-state index contributed by atoms with van der Waals surface area (Å²) in [5.74, 6) is -3.53. The summed E-state index contributed by atoms with van der Waals surface area (Å²) in [7, 11) is 0. The van der Waals surface area contributed by atoms with E-state index in [-0.39, 0.29) is 73.4 Å². The lowest BCUT2D eigenvalue weighted by Crippen LogP contribution is -2.56. The second-order valence-electron chi connectivity index (χ2n) is 15.2. The molecule has 4 aliphatic rings. The maximum atomic E-state index is 14.8. The second kappa shape index (κ2) is 13.7. The van der Waals surface area contributed by atoms with Crippen LogP contribution in [0.4, 0.5) is 8.78 Å². The Morgan fingerprint density at radius 2 is 1.52 bits per heavy atom. The van der Waals surface area contributed by atoms with Crippen molar-refractivity contribution < 1.29 is 23.2 Å². The highest BCUT2D eigenvalue weighted by Gasteiger charge is 2.51. The second-order valence-corrected chi connectivity index (χ2v) is 15.6. The molecule has 1 aromatic rings. The first-order chi connectivity index (χ1) is 21.6. The third-order valence-corrected chi connectivity index (χ3v) is 11.2. The number of piperazine rings is 1. The number of hydrogen-bond donors (Lipinski definition) is 0. The molecule has 4 atom stereocenters. The number of carbonyl (C=O) groups is 3. The van der Waals surface area contributed by atoms with Gasteiger partial charge >= 0.3 is 0 Å². The van der Waals surface area contributed by atoms with Gasteiger partial charge in [-0.2, -0.15) is 0 Å². The van der Waals surface area contributed by atoms with Crippen LogP contribution < -0.4 is 0 Å². The summed E-state index contributed by atoms with van der Waals surface area (Å²) < 4.78 is 28.2. The smallest absolute Gasteiger partial charge is 0.248 e. The number of carbonyl (C=O) groups excluding carboxylic acids is 3. The SMILES string of the molecule is CC(=O)N(C1CCC(F)(F)CC1)[C@H]1C[C@@H](C(=O)N2CCN(C(C)C)CC2)N(C(=O)[C@@H]2CN(C(C)(C)C)C[C@H]2c2ccc(Cl)cc2)C1. The fourth-order valence-electron chi connectivity index (χ4n) is 8.14. The molecule has 1 aliphatic carbocycles. The Kier molecular flexibility index (Phi) is 10.4. The van der Waals surface area contributed by atoms with Gasteiger partial charge in [0.25, 0.3) is 0 Å². The van der Waals surface area contributed by atoms with Crippen molar-refractivity contribution in [3.8, 4) is 0 Å². The van der Waals surface area contributed by atoms with Crippen molar-refractivity contribution in [2.45, 2.75) is 115 Å². The summed E-state index contributed by atoms with van der Waals surface area (Å²) in [5, 5.41) is 0.632. The highest BCUT2D eigenvalue weighted by atomic mass is 35.5. The molecule has 8 nitrogen and oxygen atoms in total. The van der Waals surface area contributed by atoms with Gasteiger partial charge in [0, 0.05) is 94.1 Å². The predicted molar refractivity (Wildman–Crippen MR) is 176 cm³/mol. The predicted octanol–water partition coefficient (Wildman–Crippen LogP) is 5.10. The van der Waals surface area contributed by atoms with Gasteiger partial charge in [0.05, 0.1) is 12.0 Å². The molecule has 256 valence electrons. The molecule has 0 spiro atoms. The Morgan fingerprint density at radius 1 is 0.913 bits per heavy atom. The molecule has 3 saturated heterocycles. The molecule has 0 unspecified atom stereocenters. The number of alkyl halides is 2. The van der Waals surface area contributed by atoms with Gasteiger partial charge in [0.1, 0.15) is 6.04 Å². The van der Waals surface area contributed by atoms with Crippen molar-refractivity contribution >= 4 is 29.3 Å². The van der Waals surface area contributed by atoms with Gasteiger partial charge in [0.15, 0.2) is 0 Å². The third-order valence-electron chi connectivity index (χ3n) is 10.9. The highest BCUT2D eigenvalue weighted by molar-refractivity contribution is 6.30. The van der Waals surface area contributed by atoms with E-state index in [1.165, 1.54) is 6.92 Å². The number of nitrogens with zero attached hydrogens (tertiary/aromatic N) is 5. The van der Waals surface area contributed by atoms with Gasteiger partial charge in [-0.1, -0.05) is 23.7 Å². The van der Waals surface area contributed by atoms with E-state index in [1.54, 1.807) is 9.80 Å². The van der Waals surface area contributed by atoms with Gasteiger partial charge < -0.3 is 14.7 Å². The lowest BCUT2D eigenvalue weighted by molar-refractivity contribution is -0.147. The molecule has 46 heavy (non-hydrogen) atoms. The zero-order chi connectivity index (χ0) is 33.6. The third kappa shape index (κ3) is 7.54. The van der Waals surface area contributed by atoms with Crippen LogP contribution in [-0.2, 0) is 14.4 Å². The van der Waals surface area contributed by atoms with E-state index in [0.29, 0.717) is 43.7 Å². The molecule has 0 N–H and O–H groups in total. The molecule has 3 aliphatic heterocycles. The molecule has 4 fully saturated rings. The van der Waals surface area contributed by atoms with Crippen molar-refractivity contribution in [3.05, 3.63) is 34.9 Å². The quantitative estimate of drug-likeness (QED) is 0.424. The average molecular weight is 664 g/mol. The van der Waals surface area contributed by atoms with E-state index < -0.39 is 18.0 Å². The van der Waals surface area contributed by atoms with Gasteiger partial charge in [-0.25, -0.2) is 8.78 Å². The first-order valence-corrected chi connectivity index (χ1v) is 17.4. The molecular weight excluding hydrogens is 612 g/mol. The maximum Gasteiger partial charge on any atom is 0.248 e. The number of halogens is 3. The fraction of sp³-hybridized carbons (Fsp3) is 0.743. The van der Waals surface area contributed by atoms with E-state index in [0.717, 1.165) is 18.7 Å². The summed E-state index contributed by atoms with van der Waals surface area (Å²) in [6, 6.07) is 6.63. The molecule has 0 radical (unpaired) electrons. The monoisotopic (exact) mass is 663 g/mol. The van der Waals surface area contributed by atoms with Gasteiger partial charge in [-0.05, 0) is 71.6 Å². The molecule has 5 rings (SSSR count). The molecule has 1 aromatic carbocycles. The van der Waals surface area contributed by atoms with E-state index in [1.807, 2.05) is 29.2 Å². The van der Waals surface area contributed by atoms with Crippen LogP contribution in [-0.4, -0.2) is 124 Å². The van der Waals surface area contributed by atoms with Crippen LogP contribution in [0.5, 0.6) is 0 Å². The van der Waals surface area contributed by atoms with Crippen molar-refractivity contribution in [2.24, 2.45) is 5.92 Å². The summed E-state index contributed by atoms with van der Waals surface area (Å²) in [6.07, 6.45) is 0.242. The number of hydrogen-bond acceptors (Lipinski definition) is 5. The summed E-state index contributed by atoms with van der Waals surface area (Å²) in [5.41, 5.74) is 0.874. The summed E-state index contributed by atoms with van der Waals surface area (Å²) >= 11 is 6.22. The number of likely N-dealkylation sites (tertiary alicyclic amines) is 2. The maximum absolute atomic E-state index is 14.8. The highest BCUT2D eigenvalue weighted by Crippen LogP contribution is 2.41. The largest absolute Gasteiger partial charge is 0.338 e. The molecule has 3 heterocycles. The summed E-state index contributed by atoms with van der Waals surface area (Å²) in [4.78, 5) is 52.3. The topological polar surface area (TPSA) is 67.4 Å². The summed E-state index contributed by atoms with van der Waals surface area (Å²) in [6.45, 7) is 16.4. The molecule has 11 heteroatoms. The van der Waals surface area contributed by atoms with Crippen molar-refractivity contribution in [2.75, 3.05) is 45.8 Å². The lowest BCUT2D eigenvalue weighted by Gasteiger charge is -2.40. The average Bonchev–Trinajstić information content (AvgIpc) is 3.64. The van der Waals surface area contributed by atoms with Crippen molar-refractivity contribution in [1.29, 1.82) is 0 Å². The van der Waals surface area contributed by atoms with Crippen molar-refractivity contribution in [3.63, 3.8) is 0 Å². The van der Waals surface area contributed by atoms with Gasteiger partial charge in [0.2, 0.25) is 23.6 Å². The van der Waals surface area contributed by atoms with Crippen LogP contribution in [0.25, 0.3) is 0 Å². The van der Waals surface area contributed by atoms with Crippen LogP contribution >= 0.6 is 11.6 Å². The number of benzene rings is 1. The van der Waals surface area contributed by atoms with Crippen LogP contribution in [0.15, 0.2) is 24.3 Å². The minimum absolute atomic E-state index is 0.0768. The minimum atomic E-state index is -2.72. The molecule has 0 aromatic heterocycles. The lowest BCUT2D eigenvalue weighted by atomic mass is 9.87. The Labute approximate surface area is 278 Å². The normalized spacial score (nSPS) is 28.2. The Morgan fingerprint density at radius 3 is 2.07 bits per heavy atom. The zero-order valence-electron chi connectivity index (χ0n) is 28.4. The van der Waals surface area contributed by atoms with E-state index in [2.05, 4.69) is 44.4 Å². The molecular formula is C35H52ClF2N5O3. The number of amides is 3. The van der Waals surface area contributed by atoms with Gasteiger partial charge in [-0.3, -0.25) is 24.2 Å². The van der Waals surface area contributed by atoms with E-state index in [9.17, 15) is 23.2 Å². The first-order valence-electron chi connectivity index (χ1n) is 17.1. The van der Waals surface area contributed by atoms with E-state index >= 15 is 0 Å². The molecule has 1 saturated carbocycles. The minimum Gasteiger partial charge on any atom is -0.338 e. The standard InChI is InChI=1S/C35H52ClF2N5O3/c1-23(2)39-15-17-40(18-16-39)33(46)31-19-28(43(24(3)44)27-11-13-35(37,38)14-12-27)20-42(31)32(45)30-22-41(34(4,5)6)21-29(30)25-7-9-26(36)10-8-25/h7-10,23,27-31H,11-22H2,1-6H3/t28-,29-,30+,31-/m0/s1. The van der Waals surface area contributed by atoms with E-state index in [4.69, 9.17) is 11.6 Å². The van der Waals surface area contributed by atoms with Crippen LogP contribution in [0, 0.1) is 5.92 Å². The Hall–Kier alpha value is -2.30. The first kappa shape index (κ1) is 35.0. The van der Waals surface area contributed by atoms with Gasteiger partial charge in [-0.15, -0.1) is 0 Å². The van der Waals surface area contributed by atoms with Crippen LogP contribution in [0.2, 0.25) is 5.02 Å². The Bertz CT molecular complexity index is 1250. The van der Waals surface area contributed by atoms with Crippen LogP contribution in [0.3, 0.4) is 0 Å². The molecule has 0 bridgehead atoms. The molecule has 3 amide bonds. The fourth-order valence-corrected chi connectivity index (χ4v) is 8.27.